The number of amides is 2. The standard InChI is InChI=1S/C22H35N7O4/c1-22(2,23)21(32)25-18(16-33-15-17-9-4-3-5-10-17)20-26-27-28-29(20)13-8-11-19(31)24-12-6-7-14-30/h3-5,9-10,18,30H,6-8,11-16,23H2,1-2H3,(H,24,31)(H,25,32)/t18-/m1/s1. The van der Waals surface area contributed by atoms with Gasteiger partial charge in [0, 0.05) is 26.1 Å². The number of carbonyl (C=O) groups is 2. The number of aryl methyl sites for hydroxylation is 1. The molecule has 1 atom stereocenters. The third kappa shape index (κ3) is 9.64. The van der Waals surface area contributed by atoms with Crippen molar-refractivity contribution in [3.8, 4) is 0 Å². The average Bonchev–Trinajstić information content (AvgIpc) is 3.24. The number of rotatable bonds is 15. The van der Waals surface area contributed by atoms with Gasteiger partial charge in [-0.15, -0.1) is 5.10 Å². The Labute approximate surface area is 194 Å². The van der Waals surface area contributed by atoms with E-state index in [1.165, 1.54) is 0 Å². The number of aliphatic hydroxyl groups excluding tert-OH is 1. The molecule has 0 fully saturated rings. The maximum Gasteiger partial charge on any atom is 0.240 e. The molecule has 1 heterocycles. The van der Waals surface area contributed by atoms with Crippen molar-refractivity contribution in [3.05, 3.63) is 41.7 Å². The smallest absolute Gasteiger partial charge is 0.240 e. The first-order valence-corrected chi connectivity index (χ1v) is 11.2. The highest BCUT2D eigenvalue weighted by Gasteiger charge is 2.28. The topological polar surface area (TPSA) is 157 Å². The van der Waals surface area contributed by atoms with E-state index in [0.717, 1.165) is 12.0 Å². The van der Waals surface area contributed by atoms with Gasteiger partial charge in [-0.05, 0) is 49.1 Å². The summed E-state index contributed by atoms with van der Waals surface area (Å²) in [4.78, 5) is 24.5. The molecule has 0 radical (unpaired) electrons. The van der Waals surface area contributed by atoms with Crippen LogP contribution in [0.2, 0.25) is 0 Å². The lowest BCUT2D eigenvalue weighted by Crippen LogP contribution is -2.51. The second-order valence-corrected chi connectivity index (χ2v) is 8.39. The monoisotopic (exact) mass is 461 g/mol. The third-order valence-electron chi connectivity index (χ3n) is 4.84. The zero-order chi connectivity index (χ0) is 24.1. The van der Waals surface area contributed by atoms with E-state index in [1.54, 1.807) is 18.5 Å². The molecular weight excluding hydrogens is 426 g/mol. The van der Waals surface area contributed by atoms with E-state index in [9.17, 15) is 9.59 Å². The Hall–Kier alpha value is -2.89. The molecule has 0 saturated heterocycles. The fourth-order valence-electron chi connectivity index (χ4n) is 2.96. The molecule has 33 heavy (non-hydrogen) atoms. The first-order chi connectivity index (χ1) is 15.8. The number of hydrogen-bond donors (Lipinski definition) is 4. The SMILES string of the molecule is CC(C)(N)C(=O)N[C@H](COCc1ccccc1)c1nnnn1CCCC(=O)NCCCCO. The average molecular weight is 462 g/mol. The Morgan fingerprint density at radius 2 is 1.97 bits per heavy atom. The van der Waals surface area contributed by atoms with Gasteiger partial charge in [-0.2, -0.15) is 0 Å². The molecule has 5 N–H and O–H groups in total. The quantitative estimate of drug-likeness (QED) is 0.278. The van der Waals surface area contributed by atoms with Crippen LogP contribution >= 0.6 is 0 Å². The molecule has 2 rings (SSSR count). The van der Waals surface area contributed by atoms with E-state index in [2.05, 4.69) is 26.2 Å². The Morgan fingerprint density at radius 1 is 1.21 bits per heavy atom. The number of aliphatic hydroxyl groups is 1. The summed E-state index contributed by atoms with van der Waals surface area (Å²) in [5.74, 6) is 0.0140. The number of aromatic nitrogens is 4. The van der Waals surface area contributed by atoms with Gasteiger partial charge in [0.05, 0.1) is 18.8 Å². The molecule has 0 aliphatic heterocycles. The first-order valence-electron chi connectivity index (χ1n) is 11.2. The maximum absolute atomic E-state index is 12.5. The number of carbonyl (C=O) groups excluding carboxylic acids is 2. The largest absolute Gasteiger partial charge is 0.396 e. The molecule has 0 bridgehead atoms. The lowest BCUT2D eigenvalue weighted by atomic mass is 10.1. The van der Waals surface area contributed by atoms with Crippen LogP contribution < -0.4 is 16.4 Å². The highest BCUT2D eigenvalue weighted by molar-refractivity contribution is 5.85. The number of nitrogens with two attached hydrogens (primary N) is 1. The Bertz CT molecular complexity index is 852. The maximum atomic E-state index is 12.5. The number of nitrogens with one attached hydrogen (secondary N) is 2. The predicted molar refractivity (Wildman–Crippen MR) is 122 cm³/mol. The van der Waals surface area contributed by atoms with E-state index in [4.69, 9.17) is 15.6 Å². The van der Waals surface area contributed by atoms with Crippen LogP contribution in [0.25, 0.3) is 0 Å². The van der Waals surface area contributed by atoms with Crippen molar-refractivity contribution in [2.75, 3.05) is 19.8 Å². The van der Waals surface area contributed by atoms with Gasteiger partial charge in [0.15, 0.2) is 5.82 Å². The summed E-state index contributed by atoms with van der Waals surface area (Å²) in [7, 11) is 0. The number of tetrazole rings is 1. The van der Waals surface area contributed by atoms with Crippen LogP contribution in [0, 0.1) is 0 Å². The summed E-state index contributed by atoms with van der Waals surface area (Å²) in [6, 6.07) is 9.09. The molecule has 0 saturated carbocycles. The number of ether oxygens (including phenoxy) is 1. The van der Waals surface area contributed by atoms with Gasteiger partial charge in [0.25, 0.3) is 0 Å². The van der Waals surface area contributed by atoms with Crippen molar-refractivity contribution in [1.82, 2.24) is 30.8 Å². The van der Waals surface area contributed by atoms with Gasteiger partial charge in [0.1, 0.15) is 6.04 Å². The number of nitrogens with zero attached hydrogens (tertiary/aromatic N) is 4. The fraction of sp³-hybridized carbons (Fsp3) is 0.591. The highest BCUT2D eigenvalue weighted by Crippen LogP contribution is 2.14. The van der Waals surface area contributed by atoms with Gasteiger partial charge < -0.3 is 26.2 Å². The molecule has 2 amide bonds. The molecule has 1 aromatic carbocycles. The predicted octanol–water partition coefficient (Wildman–Crippen LogP) is 0.453. The van der Waals surface area contributed by atoms with E-state index in [0.29, 0.717) is 44.8 Å². The molecule has 1 aromatic heterocycles. The van der Waals surface area contributed by atoms with Crippen molar-refractivity contribution < 1.29 is 19.4 Å². The van der Waals surface area contributed by atoms with Crippen molar-refractivity contribution in [3.63, 3.8) is 0 Å². The van der Waals surface area contributed by atoms with Crippen LogP contribution in [-0.2, 0) is 27.5 Å². The van der Waals surface area contributed by atoms with Crippen LogP contribution in [0.15, 0.2) is 30.3 Å². The summed E-state index contributed by atoms with van der Waals surface area (Å²) < 4.78 is 7.40. The Balaban J connectivity index is 1.96. The molecule has 11 nitrogen and oxygen atoms in total. The van der Waals surface area contributed by atoms with Crippen molar-refractivity contribution in [2.45, 2.75) is 64.3 Å². The number of hydrogen-bond acceptors (Lipinski definition) is 8. The van der Waals surface area contributed by atoms with Crippen LogP contribution in [-0.4, -0.2) is 62.4 Å². The van der Waals surface area contributed by atoms with Gasteiger partial charge >= 0.3 is 0 Å². The molecule has 0 unspecified atom stereocenters. The third-order valence-corrected chi connectivity index (χ3v) is 4.84. The lowest BCUT2D eigenvalue weighted by molar-refractivity contribution is -0.126. The van der Waals surface area contributed by atoms with E-state index >= 15 is 0 Å². The van der Waals surface area contributed by atoms with Crippen molar-refractivity contribution in [2.24, 2.45) is 5.73 Å². The Morgan fingerprint density at radius 3 is 2.67 bits per heavy atom. The van der Waals surface area contributed by atoms with Crippen LogP contribution in [0.4, 0.5) is 0 Å². The van der Waals surface area contributed by atoms with Crippen LogP contribution in [0.3, 0.4) is 0 Å². The van der Waals surface area contributed by atoms with E-state index < -0.39 is 11.6 Å². The fourth-order valence-corrected chi connectivity index (χ4v) is 2.96. The number of unbranched alkanes of at least 4 members (excludes halogenated alkanes) is 1. The molecule has 0 aliphatic rings. The second kappa shape index (κ2) is 13.6. The normalized spacial score (nSPS) is 12.4. The van der Waals surface area contributed by atoms with E-state index in [-0.39, 0.29) is 25.0 Å². The van der Waals surface area contributed by atoms with Gasteiger partial charge in [-0.1, -0.05) is 30.3 Å². The molecular formula is C22H35N7O4. The number of benzene rings is 1. The summed E-state index contributed by atoms with van der Waals surface area (Å²) in [6.45, 7) is 4.82. The van der Waals surface area contributed by atoms with Crippen molar-refractivity contribution in [1.29, 1.82) is 0 Å². The molecule has 182 valence electrons. The summed E-state index contributed by atoms with van der Waals surface area (Å²) in [5.41, 5.74) is 5.87. The minimum atomic E-state index is -1.08. The molecule has 0 aliphatic carbocycles. The van der Waals surface area contributed by atoms with Gasteiger partial charge in [-0.25, -0.2) is 4.68 Å². The summed E-state index contributed by atoms with van der Waals surface area (Å²) >= 11 is 0. The lowest BCUT2D eigenvalue weighted by Gasteiger charge is -2.23. The first kappa shape index (κ1) is 26.4. The Kier molecular flexibility index (Phi) is 10.9. The minimum Gasteiger partial charge on any atom is -0.396 e. The highest BCUT2D eigenvalue weighted by atomic mass is 16.5. The summed E-state index contributed by atoms with van der Waals surface area (Å²) in [6.07, 6.45) is 2.24. The zero-order valence-corrected chi connectivity index (χ0v) is 19.4. The van der Waals surface area contributed by atoms with Gasteiger partial charge in [-0.3, -0.25) is 9.59 Å². The van der Waals surface area contributed by atoms with Crippen LogP contribution in [0.5, 0.6) is 0 Å². The van der Waals surface area contributed by atoms with Gasteiger partial charge in [0.2, 0.25) is 11.8 Å². The zero-order valence-electron chi connectivity index (χ0n) is 19.4. The van der Waals surface area contributed by atoms with Crippen LogP contribution in [0.1, 0.15) is 57.0 Å². The van der Waals surface area contributed by atoms with Crippen molar-refractivity contribution >= 4 is 11.8 Å². The molecule has 11 heteroatoms. The second-order valence-electron chi connectivity index (χ2n) is 8.39. The van der Waals surface area contributed by atoms with E-state index in [1.807, 2.05) is 30.3 Å². The molecule has 0 spiro atoms. The molecule has 2 aromatic rings. The minimum absolute atomic E-state index is 0.0662. The summed E-state index contributed by atoms with van der Waals surface area (Å²) in [5, 5.41) is 26.3.